The molecule has 1 aliphatic heterocycles. The summed E-state index contributed by atoms with van der Waals surface area (Å²) >= 11 is 0. The number of quaternary nitrogens is 1. The lowest BCUT2D eigenvalue weighted by atomic mass is 10.0. The zero-order chi connectivity index (χ0) is 20.1. The van der Waals surface area contributed by atoms with Crippen LogP contribution in [0, 0.1) is 10.1 Å². The first-order chi connectivity index (χ1) is 13.2. The Labute approximate surface area is 168 Å². The maximum Gasteiger partial charge on any atom is 0.102 e. The quantitative estimate of drug-likeness (QED) is 0.130. The molecule has 162 valence electrons. The molecule has 0 N–H and O–H groups in total. The predicted octanol–water partition coefficient (Wildman–Crippen LogP) is 6.59. The summed E-state index contributed by atoms with van der Waals surface area (Å²) in [5, 5.41) is 9.00. The molecule has 0 bridgehead atoms. The highest BCUT2D eigenvalue weighted by atomic mass is 16.6. The van der Waals surface area contributed by atoms with Crippen LogP contribution in [0.25, 0.3) is 0 Å². The van der Waals surface area contributed by atoms with Crippen molar-refractivity contribution >= 4 is 0 Å². The molecule has 1 fully saturated rings. The zero-order valence-electron chi connectivity index (χ0n) is 18.3. The fraction of sp³-hybridized carbons (Fsp3) is 1.00. The van der Waals surface area contributed by atoms with Gasteiger partial charge in [0, 0.05) is 0 Å². The highest BCUT2D eigenvalue weighted by molar-refractivity contribution is 4.52. The van der Waals surface area contributed by atoms with Crippen molar-refractivity contribution in [1.82, 2.24) is 0 Å². The van der Waals surface area contributed by atoms with Crippen molar-refractivity contribution in [1.29, 1.82) is 0 Å². The number of nitrogens with zero attached hydrogens (tertiary/aromatic N) is 2. The van der Waals surface area contributed by atoms with Crippen LogP contribution in [-0.4, -0.2) is 43.9 Å². The van der Waals surface area contributed by atoms with Crippen LogP contribution in [0.2, 0.25) is 0 Å². The van der Waals surface area contributed by atoms with Gasteiger partial charge in [-0.3, -0.25) is 0 Å². The van der Waals surface area contributed by atoms with Gasteiger partial charge < -0.3 is 19.3 Å². The molecule has 1 aliphatic rings. The number of likely N-dealkylation sites (N-methyl/N-ethyl adjacent to an activating group) is 1. The molecule has 1 saturated heterocycles. The van der Waals surface area contributed by atoms with Gasteiger partial charge in [0.25, 0.3) is 0 Å². The van der Waals surface area contributed by atoms with E-state index >= 15 is 0 Å². The van der Waals surface area contributed by atoms with Crippen molar-refractivity contribution in [3.8, 4) is 0 Å². The Morgan fingerprint density at radius 3 is 1.48 bits per heavy atom. The van der Waals surface area contributed by atoms with E-state index in [-0.39, 0.29) is 0 Å². The third kappa shape index (κ3) is 16.0. The molecule has 27 heavy (non-hydrogen) atoms. The van der Waals surface area contributed by atoms with Gasteiger partial charge >= 0.3 is 0 Å². The molecule has 0 aromatic heterocycles. The molecule has 0 radical (unpaired) electrons. The van der Waals surface area contributed by atoms with Crippen LogP contribution in [0.1, 0.15) is 104 Å². The minimum atomic E-state index is 0.979. The number of rotatable bonds is 16. The van der Waals surface area contributed by atoms with Gasteiger partial charge in [-0.2, -0.15) is 0 Å². The van der Waals surface area contributed by atoms with Crippen molar-refractivity contribution in [3.05, 3.63) is 10.1 Å². The average Bonchev–Trinajstić information content (AvgIpc) is 2.69. The van der Waals surface area contributed by atoms with E-state index in [1.54, 1.807) is 0 Å². The zero-order valence-corrected chi connectivity index (χ0v) is 18.3. The summed E-state index contributed by atoms with van der Waals surface area (Å²) in [5.41, 5.74) is 0. The van der Waals surface area contributed by atoms with Crippen molar-refractivity contribution in [3.63, 3.8) is 0 Å². The highest BCUT2D eigenvalue weighted by Crippen LogP contribution is 2.16. The van der Waals surface area contributed by atoms with Gasteiger partial charge in [0.15, 0.2) is 0 Å². The van der Waals surface area contributed by atoms with Gasteiger partial charge in [-0.05, 0) is 19.8 Å². The Hall–Kier alpha value is -0.680. The van der Waals surface area contributed by atoms with E-state index in [1.165, 1.54) is 121 Å². The van der Waals surface area contributed by atoms with E-state index in [2.05, 4.69) is 13.8 Å². The van der Waals surface area contributed by atoms with E-state index in [0.29, 0.717) is 0 Å². The molecule has 0 saturated carbocycles. The van der Waals surface area contributed by atoms with E-state index in [4.69, 9.17) is 14.9 Å². The van der Waals surface area contributed by atoms with Crippen molar-refractivity contribution in [2.45, 2.75) is 104 Å². The van der Waals surface area contributed by atoms with E-state index < -0.39 is 0 Å². The van der Waals surface area contributed by atoms with Gasteiger partial charge in [-0.25, -0.2) is 0 Å². The van der Waals surface area contributed by atoms with Gasteiger partial charge in [0.05, 0.1) is 26.3 Å². The van der Waals surface area contributed by atoms with Crippen molar-refractivity contribution < 1.29 is 9.22 Å². The summed E-state index contributed by atoms with van der Waals surface area (Å²) in [4.78, 5) is 8.00. The Morgan fingerprint density at radius 1 is 0.741 bits per heavy atom. The summed E-state index contributed by atoms with van der Waals surface area (Å²) in [6, 6.07) is 0. The van der Waals surface area contributed by atoms with Crippen LogP contribution < -0.4 is 0 Å². The minimum Gasteiger partial charge on any atom is -0.444 e. The molecule has 0 unspecified atom stereocenters. The largest absolute Gasteiger partial charge is 0.444 e. The third-order valence-electron chi connectivity index (χ3n) is 6.08. The molecule has 1 rings (SSSR count). The van der Waals surface area contributed by atoms with Crippen LogP contribution >= 0.6 is 0 Å². The smallest absolute Gasteiger partial charge is 0.102 e. The van der Waals surface area contributed by atoms with E-state index in [1.807, 2.05) is 0 Å². The average molecular weight is 387 g/mol. The minimum absolute atomic E-state index is 0.979. The normalized spacial score (nSPS) is 15.8. The summed E-state index contributed by atoms with van der Waals surface area (Å²) in [5.74, 6) is 0. The monoisotopic (exact) mass is 386 g/mol. The molecule has 5 heteroatoms. The second-order valence-corrected chi connectivity index (χ2v) is 8.11. The number of hydrogen-bond acceptors (Lipinski definition) is 4. The van der Waals surface area contributed by atoms with E-state index in [0.717, 1.165) is 18.6 Å². The van der Waals surface area contributed by atoms with Gasteiger partial charge in [-0.15, -0.1) is 5.34 Å². The summed E-state index contributed by atoms with van der Waals surface area (Å²) in [7, 11) is 0. The lowest BCUT2D eigenvalue weighted by Gasteiger charge is -2.40. The molecule has 0 atom stereocenters. The molecular formula is C22H46N2O3. The lowest BCUT2D eigenvalue weighted by Crippen LogP contribution is -2.55. The molecule has 0 spiro atoms. The lowest BCUT2D eigenvalue weighted by molar-refractivity contribution is -0.933. The van der Waals surface area contributed by atoms with Crippen molar-refractivity contribution in [2.24, 2.45) is 5.34 Å². The summed E-state index contributed by atoms with van der Waals surface area (Å²) in [6.07, 6.45) is 20.4. The fourth-order valence-electron chi connectivity index (χ4n) is 4.07. The SMILES string of the molecule is CCCCCCCCCCCCCCCC[N+]1(CC)CCOCC1.O=N[O-]. The second kappa shape index (κ2) is 20.1. The number of hydrogen-bond donors (Lipinski definition) is 0. The molecule has 0 amide bonds. The predicted molar refractivity (Wildman–Crippen MR) is 116 cm³/mol. The Kier molecular flexibility index (Phi) is 19.6. The second-order valence-electron chi connectivity index (χ2n) is 8.11. The Morgan fingerprint density at radius 2 is 1.11 bits per heavy atom. The van der Waals surface area contributed by atoms with Crippen LogP contribution in [0.5, 0.6) is 0 Å². The Bertz CT molecular complexity index is 308. The summed E-state index contributed by atoms with van der Waals surface area (Å²) < 4.78 is 6.85. The fourth-order valence-corrected chi connectivity index (χ4v) is 4.07. The van der Waals surface area contributed by atoms with Crippen LogP contribution in [-0.2, 0) is 4.74 Å². The van der Waals surface area contributed by atoms with Gasteiger partial charge in [0.2, 0.25) is 0 Å². The molecule has 0 aromatic rings. The number of ether oxygens (including phenoxy) is 1. The topological polar surface area (TPSA) is 61.7 Å². The number of morpholine rings is 1. The van der Waals surface area contributed by atoms with Gasteiger partial charge in [0.1, 0.15) is 13.1 Å². The first-order valence-corrected chi connectivity index (χ1v) is 11.6. The molecule has 5 nitrogen and oxygen atoms in total. The van der Waals surface area contributed by atoms with E-state index in [9.17, 15) is 0 Å². The van der Waals surface area contributed by atoms with Crippen LogP contribution in [0.3, 0.4) is 0 Å². The maximum absolute atomic E-state index is 8.00. The van der Waals surface area contributed by atoms with Crippen molar-refractivity contribution in [2.75, 3.05) is 39.4 Å². The van der Waals surface area contributed by atoms with Crippen LogP contribution in [0.4, 0.5) is 0 Å². The maximum atomic E-state index is 8.00. The highest BCUT2D eigenvalue weighted by Gasteiger charge is 2.27. The molecule has 0 aromatic carbocycles. The van der Waals surface area contributed by atoms with Gasteiger partial charge in [-0.1, -0.05) is 84.0 Å². The Balaban J connectivity index is 0.00000210. The molecular weight excluding hydrogens is 340 g/mol. The first-order valence-electron chi connectivity index (χ1n) is 11.6. The van der Waals surface area contributed by atoms with Crippen LogP contribution in [0.15, 0.2) is 5.34 Å². The standard InChI is InChI=1S/C22H46NO.HNO2/c1-3-5-6-7-8-9-10-11-12-13-14-15-16-17-18-23(4-2)19-21-24-22-20-23;2-1-3/h3-22H2,1-2H3;(H,2,3)/q+1;/p-1. The molecule has 0 aliphatic carbocycles. The first kappa shape index (κ1) is 26.3. The third-order valence-corrected chi connectivity index (χ3v) is 6.08. The number of unbranched alkanes of at least 4 members (excludes halogenated alkanes) is 13. The summed E-state index contributed by atoms with van der Waals surface area (Å²) in [6.45, 7) is 11.8. The molecule has 1 heterocycles.